The molecule has 1 heterocycles. The molecule has 0 saturated carbocycles. The molecule has 8 heteroatoms. The lowest BCUT2D eigenvalue weighted by atomic mass is 10.1. The maximum absolute atomic E-state index is 12.6. The quantitative estimate of drug-likeness (QED) is 0.503. The van der Waals surface area contributed by atoms with E-state index in [1.165, 1.54) is 11.8 Å². The predicted molar refractivity (Wildman–Crippen MR) is 129 cm³/mol. The fourth-order valence-electron chi connectivity index (χ4n) is 3.38. The van der Waals surface area contributed by atoms with Crippen molar-refractivity contribution in [1.82, 2.24) is 20.1 Å². The molecule has 32 heavy (non-hydrogen) atoms. The van der Waals surface area contributed by atoms with Crippen molar-refractivity contribution < 1.29 is 9.59 Å². The Hall–Kier alpha value is -3.13. The van der Waals surface area contributed by atoms with Gasteiger partial charge in [-0.05, 0) is 51.8 Å². The van der Waals surface area contributed by atoms with Gasteiger partial charge in [0, 0.05) is 17.8 Å². The highest BCUT2D eigenvalue weighted by atomic mass is 32.2. The summed E-state index contributed by atoms with van der Waals surface area (Å²) < 4.78 is 2.00. The van der Waals surface area contributed by atoms with E-state index in [-0.39, 0.29) is 18.4 Å². The minimum absolute atomic E-state index is 0.0908. The number of para-hydroxylation sites is 1. The first kappa shape index (κ1) is 23.5. The van der Waals surface area contributed by atoms with Crippen LogP contribution in [0.2, 0.25) is 0 Å². The predicted octanol–water partition coefficient (Wildman–Crippen LogP) is 4.13. The highest BCUT2D eigenvalue weighted by Crippen LogP contribution is 2.27. The van der Waals surface area contributed by atoms with Crippen LogP contribution in [-0.4, -0.2) is 38.4 Å². The first-order valence-electron chi connectivity index (χ1n) is 10.6. The third-order valence-electron chi connectivity index (χ3n) is 5.13. The SMILES string of the molecule is CCn1c(SC(C)C(=O)NCC(=O)Nc2c(C)cccc2C)nnc1-c1cccc(C)c1. The van der Waals surface area contributed by atoms with E-state index in [4.69, 9.17) is 0 Å². The van der Waals surface area contributed by atoms with Crippen molar-refractivity contribution in [3.8, 4) is 11.4 Å². The number of aromatic nitrogens is 3. The molecular weight excluding hydrogens is 422 g/mol. The zero-order valence-corrected chi connectivity index (χ0v) is 19.9. The molecule has 0 bridgehead atoms. The molecular formula is C24H29N5O2S. The van der Waals surface area contributed by atoms with Gasteiger partial charge in [-0.25, -0.2) is 0 Å². The van der Waals surface area contributed by atoms with Crippen LogP contribution in [0.1, 0.15) is 30.5 Å². The molecule has 2 aromatic carbocycles. The highest BCUT2D eigenvalue weighted by molar-refractivity contribution is 8.00. The van der Waals surface area contributed by atoms with Crippen molar-refractivity contribution in [1.29, 1.82) is 0 Å². The van der Waals surface area contributed by atoms with Crippen molar-refractivity contribution in [3.63, 3.8) is 0 Å². The van der Waals surface area contributed by atoms with E-state index in [0.29, 0.717) is 11.7 Å². The summed E-state index contributed by atoms with van der Waals surface area (Å²) in [6.07, 6.45) is 0. The number of carbonyl (C=O) groups is 2. The van der Waals surface area contributed by atoms with Gasteiger partial charge in [0.05, 0.1) is 11.8 Å². The van der Waals surface area contributed by atoms with E-state index in [1.54, 1.807) is 6.92 Å². The molecule has 3 rings (SSSR count). The van der Waals surface area contributed by atoms with Gasteiger partial charge in [0.15, 0.2) is 11.0 Å². The molecule has 2 amide bonds. The van der Waals surface area contributed by atoms with Crippen molar-refractivity contribution in [2.45, 2.75) is 51.6 Å². The third-order valence-corrected chi connectivity index (χ3v) is 6.21. The lowest BCUT2D eigenvalue weighted by molar-refractivity contribution is -0.123. The average Bonchev–Trinajstić information content (AvgIpc) is 3.17. The first-order chi connectivity index (χ1) is 15.3. The molecule has 0 aliphatic carbocycles. The Balaban J connectivity index is 1.60. The molecule has 1 atom stereocenters. The van der Waals surface area contributed by atoms with Crippen molar-refractivity contribution in [2.24, 2.45) is 0 Å². The molecule has 0 fully saturated rings. The number of rotatable bonds is 8. The van der Waals surface area contributed by atoms with E-state index >= 15 is 0 Å². The van der Waals surface area contributed by atoms with Crippen LogP contribution in [-0.2, 0) is 16.1 Å². The molecule has 1 unspecified atom stereocenters. The van der Waals surface area contributed by atoms with Crippen molar-refractivity contribution >= 4 is 29.3 Å². The fraction of sp³-hybridized carbons (Fsp3) is 0.333. The van der Waals surface area contributed by atoms with E-state index in [0.717, 1.165) is 33.8 Å². The molecule has 2 N–H and O–H groups in total. The van der Waals surface area contributed by atoms with Crippen LogP contribution < -0.4 is 10.6 Å². The Morgan fingerprint density at radius 1 is 1.06 bits per heavy atom. The van der Waals surface area contributed by atoms with Crippen LogP contribution in [0, 0.1) is 20.8 Å². The third kappa shape index (κ3) is 5.56. The van der Waals surface area contributed by atoms with Gasteiger partial charge in [0.1, 0.15) is 0 Å². The summed E-state index contributed by atoms with van der Waals surface area (Å²) in [5, 5.41) is 14.5. The van der Waals surface area contributed by atoms with Crippen molar-refractivity contribution in [2.75, 3.05) is 11.9 Å². The Morgan fingerprint density at radius 2 is 1.75 bits per heavy atom. The maximum atomic E-state index is 12.6. The molecule has 3 aromatic rings. The largest absolute Gasteiger partial charge is 0.346 e. The van der Waals surface area contributed by atoms with Crippen LogP contribution in [0.25, 0.3) is 11.4 Å². The zero-order chi connectivity index (χ0) is 23.3. The topological polar surface area (TPSA) is 88.9 Å². The summed E-state index contributed by atoms with van der Waals surface area (Å²) >= 11 is 1.33. The molecule has 0 aliphatic heterocycles. The number of anilines is 1. The average molecular weight is 452 g/mol. The lowest BCUT2D eigenvalue weighted by Crippen LogP contribution is -2.37. The Morgan fingerprint density at radius 3 is 2.41 bits per heavy atom. The molecule has 0 radical (unpaired) electrons. The van der Waals surface area contributed by atoms with Crippen molar-refractivity contribution in [3.05, 3.63) is 59.2 Å². The second kappa shape index (κ2) is 10.5. The molecule has 1 aromatic heterocycles. The van der Waals surface area contributed by atoms with Crippen LogP contribution in [0.3, 0.4) is 0 Å². The Labute approximate surface area is 193 Å². The summed E-state index contributed by atoms with van der Waals surface area (Å²) in [5.74, 6) is 0.292. The number of hydrogen-bond donors (Lipinski definition) is 2. The van der Waals surface area contributed by atoms with Crippen LogP contribution >= 0.6 is 11.8 Å². The minimum Gasteiger partial charge on any atom is -0.346 e. The van der Waals surface area contributed by atoms with Gasteiger partial charge < -0.3 is 15.2 Å². The molecule has 0 saturated heterocycles. The number of hydrogen-bond acceptors (Lipinski definition) is 5. The van der Waals surface area contributed by atoms with E-state index in [2.05, 4.69) is 26.9 Å². The van der Waals surface area contributed by atoms with Gasteiger partial charge >= 0.3 is 0 Å². The van der Waals surface area contributed by atoms with Crippen LogP contribution in [0.15, 0.2) is 47.6 Å². The van der Waals surface area contributed by atoms with Crippen LogP contribution in [0.5, 0.6) is 0 Å². The number of nitrogens with zero attached hydrogens (tertiary/aromatic N) is 3. The minimum atomic E-state index is -0.428. The normalized spacial score (nSPS) is 11.8. The molecule has 7 nitrogen and oxygen atoms in total. The van der Waals surface area contributed by atoms with Crippen LogP contribution in [0.4, 0.5) is 5.69 Å². The number of benzene rings is 2. The van der Waals surface area contributed by atoms with Gasteiger partial charge in [-0.15, -0.1) is 10.2 Å². The highest BCUT2D eigenvalue weighted by Gasteiger charge is 2.21. The van der Waals surface area contributed by atoms with Gasteiger partial charge in [-0.3, -0.25) is 9.59 Å². The standard InChI is InChI=1S/C24H29N5O2S/c1-6-29-22(19-12-7-9-15(2)13-19)27-28-24(29)32-18(5)23(31)25-14-20(30)26-21-16(3)10-8-11-17(21)4/h7-13,18H,6,14H2,1-5H3,(H,25,31)(H,26,30). The number of aryl methyl sites for hydroxylation is 3. The summed E-state index contributed by atoms with van der Waals surface area (Å²) in [6, 6.07) is 13.9. The van der Waals surface area contributed by atoms with Gasteiger partial charge in [0.25, 0.3) is 0 Å². The Bertz CT molecular complexity index is 1110. The molecule has 168 valence electrons. The summed E-state index contributed by atoms with van der Waals surface area (Å²) in [4.78, 5) is 24.9. The molecule has 0 aliphatic rings. The fourth-order valence-corrected chi connectivity index (χ4v) is 4.31. The summed E-state index contributed by atoms with van der Waals surface area (Å²) in [6.45, 7) is 10.3. The number of amides is 2. The Kier molecular flexibility index (Phi) is 7.69. The molecule has 0 spiro atoms. The second-order valence-electron chi connectivity index (χ2n) is 7.71. The second-order valence-corrected chi connectivity index (χ2v) is 9.02. The summed E-state index contributed by atoms with van der Waals surface area (Å²) in [7, 11) is 0. The van der Waals surface area contributed by atoms with E-state index in [1.807, 2.05) is 68.7 Å². The van der Waals surface area contributed by atoms with E-state index < -0.39 is 5.25 Å². The van der Waals surface area contributed by atoms with Gasteiger partial charge in [-0.2, -0.15) is 0 Å². The lowest BCUT2D eigenvalue weighted by Gasteiger charge is -2.14. The van der Waals surface area contributed by atoms with Gasteiger partial charge in [0.2, 0.25) is 11.8 Å². The van der Waals surface area contributed by atoms with Gasteiger partial charge in [-0.1, -0.05) is 53.7 Å². The smallest absolute Gasteiger partial charge is 0.243 e. The van der Waals surface area contributed by atoms with E-state index in [9.17, 15) is 9.59 Å². The first-order valence-corrected chi connectivity index (χ1v) is 11.5. The zero-order valence-electron chi connectivity index (χ0n) is 19.1. The number of nitrogens with one attached hydrogen (secondary N) is 2. The monoisotopic (exact) mass is 451 g/mol. The summed E-state index contributed by atoms with van der Waals surface area (Å²) in [5.41, 5.74) is 4.89. The number of thioether (sulfide) groups is 1. The maximum Gasteiger partial charge on any atom is 0.243 e. The number of carbonyl (C=O) groups excluding carboxylic acids is 2.